The van der Waals surface area contributed by atoms with Crippen molar-refractivity contribution in [1.29, 1.82) is 0 Å². The number of hydrogen-bond acceptors (Lipinski definition) is 1. The zero-order valence-corrected chi connectivity index (χ0v) is 13.2. The van der Waals surface area contributed by atoms with Crippen LogP contribution in [-0.2, 0) is 6.42 Å². The van der Waals surface area contributed by atoms with Gasteiger partial charge in [-0.15, -0.1) is 11.3 Å². The number of aryl methyl sites for hydroxylation is 1. The summed E-state index contributed by atoms with van der Waals surface area (Å²) in [5, 5.41) is 0. The Morgan fingerprint density at radius 2 is 2.12 bits per heavy atom. The van der Waals surface area contributed by atoms with Crippen LogP contribution in [0.1, 0.15) is 20.1 Å². The molecule has 0 aliphatic carbocycles. The van der Waals surface area contributed by atoms with Gasteiger partial charge in [0.15, 0.2) is 0 Å². The lowest BCUT2D eigenvalue weighted by Gasteiger charge is -2.08. The molecule has 0 radical (unpaired) electrons. The summed E-state index contributed by atoms with van der Waals surface area (Å²) in [6, 6.07) is 8.87. The zero-order valence-electron chi connectivity index (χ0n) is 9.21. The first-order valence-electron chi connectivity index (χ1n) is 5.20. The summed E-state index contributed by atoms with van der Waals surface area (Å²) in [7, 11) is 0. The van der Waals surface area contributed by atoms with E-state index in [1.54, 1.807) is 23.5 Å². The SMILES string of the molecule is Cc1cc(Br)c(C(Br)Cc2cccc(F)c2)s1. The highest BCUT2D eigenvalue weighted by Crippen LogP contribution is 2.38. The number of rotatable bonds is 3. The topological polar surface area (TPSA) is 0 Å². The maximum atomic E-state index is 13.1. The Hall–Kier alpha value is -0.190. The van der Waals surface area contributed by atoms with Crippen LogP contribution in [0.2, 0.25) is 0 Å². The quantitative estimate of drug-likeness (QED) is 0.607. The van der Waals surface area contributed by atoms with E-state index < -0.39 is 0 Å². The third-order valence-corrected chi connectivity index (χ3v) is 5.59. The standard InChI is InChI=1S/C13H11Br2FS/c1-8-5-11(14)13(17-8)12(15)7-9-3-2-4-10(16)6-9/h2-6,12H,7H2,1H3. The minimum atomic E-state index is -0.177. The molecule has 0 N–H and O–H groups in total. The molecule has 4 heteroatoms. The van der Waals surface area contributed by atoms with Gasteiger partial charge in [0.1, 0.15) is 5.82 Å². The summed E-state index contributed by atoms with van der Waals surface area (Å²) in [6.07, 6.45) is 0.788. The summed E-state index contributed by atoms with van der Waals surface area (Å²) < 4.78 is 14.2. The number of benzene rings is 1. The fourth-order valence-electron chi connectivity index (χ4n) is 1.68. The average Bonchev–Trinajstić information content (AvgIpc) is 2.58. The lowest BCUT2D eigenvalue weighted by Crippen LogP contribution is -1.94. The lowest BCUT2D eigenvalue weighted by molar-refractivity contribution is 0.625. The number of thiophene rings is 1. The predicted octanol–water partition coefficient (Wildman–Crippen LogP) is 5.64. The van der Waals surface area contributed by atoms with Gasteiger partial charge in [-0.3, -0.25) is 0 Å². The van der Waals surface area contributed by atoms with Crippen molar-refractivity contribution in [3.63, 3.8) is 0 Å². The van der Waals surface area contributed by atoms with Crippen molar-refractivity contribution in [3.05, 3.63) is 55.9 Å². The normalized spacial score (nSPS) is 12.7. The van der Waals surface area contributed by atoms with Crippen LogP contribution in [-0.4, -0.2) is 0 Å². The first kappa shape index (κ1) is 13.2. The van der Waals surface area contributed by atoms with Gasteiger partial charge < -0.3 is 0 Å². The van der Waals surface area contributed by atoms with E-state index in [2.05, 4.69) is 44.8 Å². The third kappa shape index (κ3) is 3.39. The van der Waals surface area contributed by atoms with Gasteiger partial charge in [-0.1, -0.05) is 28.1 Å². The highest BCUT2D eigenvalue weighted by atomic mass is 79.9. The van der Waals surface area contributed by atoms with Crippen molar-refractivity contribution in [2.24, 2.45) is 0 Å². The molecule has 0 aliphatic rings. The Kier molecular flexibility index (Phi) is 4.39. The van der Waals surface area contributed by atoms with E-state index >= 15 is 0 Å². The Bertz CT molecular complexity index is 522. The first-order chi connectivity index (χ1) is 8.06. The molecule has 2 rings (SSSR count). The smallest absolute Gasteiger partial charge is 0.123 e. The highest BCUT2D eigenvalue weighted by molar-refractivity contribution is 9.11. The fourth-order valence-corrected chi connectivity index (χ4v) is 4.79. The second kappa shape index (κ2) is 5.63. The molecule has 0 saturated carbocycles. The average molecular weight is 378 g/mol. The molecular weight excluding hydrogens is 367 g/mol. The van der Waals surface area contributed by atoms with E-state index in [0.717, 1.165) is 16.5 Å². The molecular formula is C13H11Br2FS. The molecule has 0 bridgehead atoms. The first-order valence-corrected chi connectivity index (χ1v) is 7.73. The van der Waals surface area contributed by atoms with Crippen molar-refractivity contribution in [1.82, 2.24) is 0 Å². The number of alkyl halides is 1. The van der Waals surface area contributed by atoms with E-state index in [1.807, 2.05) is 6.07 Å². The van der Waals surface area contributed by atoms with Crippen LogP contribution in [0, 0.1) is 12.7 Å². The number of hydrogen-bond donors (Lipinski definition) is 0. The summed E-state index contributed by atoms with van der Waals surface area (Å²) in [6.45, 7) is 2.08. The van der Waals surface area contributed by atoms with Crippen LogP contribution in [0.15, 0.2) is 34.8 Å². The third-order valence-electron chi connectivity index (χ3n) is 2.42. The molecule has 17 heavy (non-hydrogen) atoms. The summed E-state index contributed by atoms with van der Waals surface area (Å²) >= 11 is 8.98. The van der Waals surface area contributed by atoms with Crippen LogP contribution >= 0.6 is 43.2 Å². The Morgan fingerprint density at radius 3 is 2.71 bits per heavy atom. The highest BCUT2D eigenvalue weighted by Gasteiger charge is 2.15. The summed E-state index contributed by atoms with van der Waals surface area (Å²) in [5.41, 5.74) is 1.00. The minimum absolute atomic E-state index is 0.177. The van der Waals surface area contributed by atoms with Crippen LogP contribution in [0.25, 0.3) is 0 Å². The van der Waals surface area contributed by atoms with Crippen molar-refractivity contribution in [3.8, 4) is 0 Å². The second-order valence-corrected chi connectivity index (χ2v) is 7.12. The maximum absolute atomic E-state index is 13.1. The van der Waals surface area contributed by atoms with Gasteiger partial charge in [-0.2, -0.15) is 0 Å². The van der Waals surface area contributed by atoms with E-state index in [1.165, 1.54) is 15.8 Å². The number of halogens is 3. The summed E-state index contributed by atoms with van der Waals surface area (Å²) in [4.78, 5) is 2.75. The molecule has 1 aromatic carbocycles. The zero-order chi connectivity index (χ0) is 12.4. The van der Waals surface area contributed by atoms with Gasteiger partial charge in [0.25, 0.3) is 0 Å². The van der Waals surface area contributed by atoms with E-state index in [-0.39, 0.29) is 10.6 Å². The van der Waals surface area contributed by atoms with Gasteiger partial charge in [0.2, 0.25) is 0 Å². The van der Waals surface area contributed by atoms with E-state index in [0.29, 0.717) is 0 Å². The van der Waals surface area contributed by atoms with Crippen molar-refractivity contribution in [2.45, 2.75) is 18.2 Å². The lowest BCUT2D eigenvalue weighted by atomic mass is 10.1. The molecule has 0 saturated heterocycles. The molecule has 1 unspecified atom stereocenters. The predicted molar refractivity (Wildman–Crippen MR) is 78.5 cm³/mol. The monoisotopic (exact) mass is 376 g/mol. The van der Waals surface area contributed by atoms with Gasteiger partial charge in [-0.25, -0.2) is 4.39 Å². The second-order valence-electron chi connectivity index (χ2n) is 3.87. The van der Waals surface area contributed by atoms with Crippen LogP contribution in [0.3, 0.4) is 0 Å². The maximum Gasteiger partial charge on any atom is 0.123 e. The van der Waals surface area contributed by atoms with Gasteiger partial charge >= 0.3 is 0 Å². The summed E-state index contributed by atoms with van der Waals surface area (Å²) in [5.74, 6) is -0.177. The van der Waals surface area contributed by atoms with E-state index in [4.69, 9.17) is 0 Å². The van der Waals surface area contributed by atoms with Gasteiger partial charge in [-0.05, 0) is 53.0 Å². The van der Waals surface area contributed by atoms with Gasteiger partial charge in [0, 0.05) is 14.2 Å². The Labute approximate surface area is 121 Å². The Morgan fingerprint density at radius 1 is 1.35 bits per heavy atom. The largest absolute Gasteiger partial charge is 0.207 e. The van der Waals surface area contributed by atoms with Gasteiger partial charge in [0.05, 0.1) is 4.83 Å². The molecule has 1 atom stereocenters. The van der Waals surface area contributed by atoms with Crippen LogP contribution in [0.5, 0.6) is 0 Å². The van der Waals surface area contributed by atoms with Crippen molar-refractivity contribution in [2.75, 3.05) is 0 Å². The van der Waals surface area contributed by atoms with Crippen molar-refractivity contribution < 1.29 is 4.39 Å². The molecule has 0 amide bonds. The Balaban J connectivity index is 2.16. The molecule has 0 aliphatic heterocycles. The minimum Gasteiger partial charge on any atom is -0.207 e. The fraction of sp³-hybridized carbons (Fsp3) is 0.231. The molecule has 1 heterocycles. The van der Waals surface area contributed by atoms with Crippen LogP contribution in [0.4, 0.5) is 4.39 Å². The van der Waals surface area contributed by atoms with Crippen LogP contribution < -0.4 is 0 Å². The molecule has 2 aromatic rings. The molecule has 0 nitrogen and oxygen atoms in total. The van der Waals surface area contributed by atoms with E-state index in [9.17, 15) is 4.39 Å². The molecule has 0 fully saturated rings. The molecule has 1 aromatic heterocycles. The molecule has 90 valence electrons. The molecule has 0 spiro atoms. The van der Waals surface area contributed by atoms with Crippen molar-refractivity contribution >= 4 is 43.2 Å².